The van der Waals surface area contributed by atoms with Gasteiger partial charge in [0.1, 0.15) is 4.88 Å². The number of hydrogen-bond acceptors (Lipinski definition) is 4. The van der Waals surface area contributed by atoms with E-state index in [-0.39, 0.29) is 5.91 Å². The average Bonchev–Trinajstić information content (AvgIpc) is 2.58. The molecule has 0 saturated heterocycles. The Labute approximate surface area is 98.8 Å². The van der Waals surface area contributed by atoms with E-state index in [0.717, 1.165) is 18.7 Å². The zero-order valence-corrected chi connectivity index (χ0v) is 10.3. The molecule has 0 spiro atoms. The molecule has 0 saturated carbocycles. The predicted molar refractivity (Wildman–Crippen MR) is 65.5 cm³/mol. The lowest BCUT2D eigenvalue weighted by Gasteiger charge is -2.25. The molecular weight excluding hydrogens is 222 g/mol. The smallest absolute Gasteiger partial charge is 0.266 e. The lowest BCUT2D eigenvalue weighted by molar-refractivity contribution is 0.0773. The minimum absolute atomic E-state index is 0.0513. The predicted octanol–water partition coefficient (Wildman–Crippen LogP) is 1.83. The number of aryl methyl sites for hydroxylation is 1. The summed E-state index contributed by atoms with van der Waals surface area (Å²) < 4.78 is 0. The highest BCUT2D eigenvalue weighted by Gasteiger charge is 2.21. The van der Waals surface area contributed by atoms with Crippen molar-refractivity contribution in [2.75, 3.05) is 18.8 Å². The minimum Gasteiger partial charge on any atom is -0.375 e. The van der Waals surface area contributed by atoms with Crippen molar-refractivity contribution < 1.29 is 4.79 Å². The second kappa shape index (κ2) is 4.25. The third-order valence-electron chi connectivity index (χ3n) is 2.73. The van der Waals surface area contributed by atoms with Crippen LogP contribution in [0.3, 0.4) is 0 Å². The van der Waals surface area contributed by atoms with Gasteiger partial charge in [-0.15, -0.1) is 0 Å². The standard InChI is InChI=1S/C11H15N3OS/c1-7-3-5-14(6-4-7)10(15)9-8(2)13-11(12)16-9/h3H,4-6H2,1-2H3,(H2,12,13). The number of nitrogen functional groups attached to an aromatic ring is 1. The number of amides is 1. The minimum atomic E-state index is 0.0513. The van der Waals surface area contributed by atoms with Gasteiger partial charge in [0.2, 0.25) is 0 Å². The summed E-state index contributed by atoms with van der Waals surface area (Å²) in [5, 5.41) is 0.463. The first-order chi connectivity index (χ1) is 7.58. The molecule has 0 aromatic carbocycles. The highest BCUT2D eigenvalue weighted by Crippen LogP contribution is 2.22. The van der Waals surface area contributed by atoms with E-state index in [0.29, 0.717) is 16.6 Å². The summed E-state index contributed by atoms with van der Waals surface area (Å²) >= 11 is 1.27. The number of nitrogens with zero attached hydrogens (tertiary/aromatic N) is 2. The highest BCUT2D eigenvalue weighted by atomic mass is 32.1. The number of thiazole rings is 1. The van der Waals surface area contributed by atoms with Crippen LogP contribution in [0, 0.1) is 6.92 Å². The molecule has 1 aromatic heterocycles. The van der Waals surface area contributed by atoms with Crippen LogP contribution in [0.15, 0.2) is 11.6 Å². The van der Waals surface area contributed by atoms with E-state index in [4.69, 9.17) is 5.73 Å². The summed E-state index contributed by atoms with van der Waals surface area (Å²) in [4.78, 5) is 18.7. The molecule has 0 aliphatic carbocycles. The van der Waals surface area contributed by atoms with Crippen molar-refractivity contribution in [1.29, 1.82) is 0 Å². The molecule has 0 bridgehead atoms. The molecule has 2 rings (SSSR count). The van der Waals surface area contributed by atoms with Crippen molar-refractivity contribution in [3.05, 3.63) is 22.2 Å². The average molecular weight is 237 g/mol. The maximum Gasteiger partial charge on any atom is 0.266 e. The van der Waals surface area contributed by atoms with Crippen molar-refractivity contribution in [1.82, 2.24) is 9.88 Å². The monoisotopic (exact) mass is 237 g/mol. The molecule has 0 unspecified atom stereocenters. The number of hydrogen-bond donors (Lipinski definition) is 1. The summed E-state index contributed by atoms with van der Waals surface area (Å²) in [7, 11) is 0. The fourth-order valence-corrected chi connectivity index (χ4v) is 2.52. The Bertz CT molecular complexity index is 450. The maximum atomic E-state index is 12.2. The molecule has 2 heterocycles. The van der Waals surface area contributed by atoms with Crippen LogP contribution in [-0.2, 0) is 0 Å². The van der Waals surface area contributed by atoms with Crippen molar-refractivity contribution in [2.45, 2.75) is 20.3 Å². The zero-order valence-electron chi connectivity index (χ0n) is 9.49. The van der Waals surface area contributed by atoms with Gasteiger partial charge in [-0.2, -0.15) is 0 Å². The van der Waals surface area contributed by atoms with Crippen molar-refractivity contribution >= 4 is 22.4 Å². The first-order valence-corrected chi connectivity index (χ1v) is 6.07. The molecule has 2 N–H and O–H groups in total. The topological polar surface area (TPSA) is 59.2 Å². The van der Waals surface area contributed by atoms with E-state index in [9.17, 15) is 4.79 Å². The molecule has 86 valence electrons. The third-order valence-corrected chi connectivity index (χ3v) is 3.71. The van der Waals surface area contributed by atoms with Crippen LogP contribution >= 0.6 is 11.3 Å². The Kier molecular flexibility index (Phi) is 2.96. The van der Waals surface area contributed by atoms with Gasteiger partial charge in [0.05, 0.1) is 5.69 Å². The van der Waals surface area contributed by atoms with Crippen molar-refractivity contribution in [3.63, 3.8) is 0 Å². The zero-order chi connectivity index (χ0) is 11.7. The molecule has 16 heavy (non-hydrogen) atoms. The molecule has 1 aliphatic rings. The van der Waals surface area contributed by atoms with Crippen LogP contribution in [0.5, 0.6) is 0 Å². The number of carbonyl (C=O) groups is 1. The van der Waals surface area contributed by atoms with E-state index in [2.05, 4.69) is 18.0 Å². The van der Waals surface area contributed by atoms with Gasteiger partial charge in [-0.05, 0) is 20.3 Å². The Balaban J connectivity index is 2.17. The largest absolute Gasteiger partial charge is 0.375 e. The van der Waals surface area contributed by atoms with Crippen LogP contribution < -0.4 is 5.73 Å². The Morgan fingerprint density at radius 2 is 2.31 bits per heavy atom. The second-order valence-corrected chi connectivity index (χ2v) is 5.05. The van der Waals surface area contributed by atoms with Gasteiger partial charge in [-0.1, -0.05) is 23.0 Å². The van der Waals surface area contributed by atoms with Crippen molar-refractivity contribution in [3.8, 4) is 0 Å². The lowest BCUT2D eigenvalue weighted by atomic mass is 10.1. The third kappa shape index (κ3) is 2.09. The van der Waals surface area contributed by atoms with E-state index in [1.54, 1.807) is 0 Å². The van der Waals surface area contributed by atoms with Gasteiger partial charge < -0.3 is 10.6 Å². The van der Waals surface area contributed by atoms with Crippen LogP contribution in [0.1, 0.15) is 28.7 Å². The quantitative estimate of drug-likeness (QED) is 0.758. The second-order valence-electron chi connectivity index (χ2n) is 4.02. The van der Waals surface area contributed by atoms with Gasteiger partial charge in [0.15, 0.2) is 5.13 Å². The fraction of sp³-hybridized carbons (Fsp3) is 0.455. The Hall–Kier alpha value is -1.36. The molecule has 0 fully saturated rings. The number of nitrogens with two attached hydrogens (primary N) is 1. The molecular formula is C11H15N3OS. The number of aromatic nitrogens is 1. The van der Waals surface area contributed by atoms with E-state index < -0.39 is 0 Å². The van der Waals surface area contributed by atoms with Gasteiger partial charge in [0.25, 0.3) is 5.91 Å². The fourth-order valence-electron chi connectivity index (χ4n) is 1.71. The molecule has 1 aliphatic heterocycles. The summed E-state index contributed by atoms with van der Waals surface area (Å²) in [6.07, 6.45) is 3.06. The highest BCUT2D eigenvalue weighted by molar-refractivity contribution is 7.17. The summed E-state index contributed by atoms with van der Waals surface area (Å²) in [5.74, 6) is 0.0513. The molecule has 1 amide bonds. The summed E-state index contributed by atoms with van der Waals surface area (Å²) in [5.41, 5.74) is 7.68. The van der Waals surface area contributed by atoms with Crippen LogP contribution in [0.4, 0.5) is 5.13 Å². The first-order valence-electron chi connectivity index (χ1n) is 5.25. The van der Waals surface area contributed by atoms with Crippen molar-refractivity contribution in [2.24, 2.45) is 0 Å². The van der Waals surface area contributed by atoms with E-state index in [1.165, 1.54) is 16.9 Å². The molecule has 0 atom stereocenters. The molecule has 4 nitrogen and oxygen atoms in total. The van der Waals surface area contributed by atoms with Crippen LogP contribution in [0.25, 0.3) is 0 Å². The number of carbonyl (C=O) groups excluding carboxylic acids is 1. The normalized spacial score (nSPS) is 16.1. The molecule has 0 radical (unpaired) electrons. The van der Waals surface area contributed by atoms with E-state index in [1.807, 2.05) is 11.8 Å². The van der Waals surface area contributed by atoms with Gasteiger partial charge in [0, 0.05) is 13.1 Å². The van der Waals surface area contributed by atoms with Crippen LogP contribution in [-0.4, -0.2) is 28.9 Å². The summed E-state index contributed by atoms with van der Waals surface area (Å²) in [6, 6.07) is 0. The van der Waals surface area contributed by atoms with E-state index >= 15 is 0 Å². The van der Waals surface area contributed by atoms with Gasteiger partial charge in [-0.25, -0.2) is 4.98 Å². The van der Waals surface area contributed by atoms with Gasteiger partial charge in [-0.3, -0.25) is 4.79 Å². The molecule has 5 heteroatoms. The van der Waals surface area contributed by atoms with Gasteiger partial charge >= 0.3 is 0 Å². The lowest BCUT2D eigenvalue weighted by Crippen LogP contribution is -2.34. The summed E-state index contributed by atoms with van der Waals surface area (Å²) in [6.45, 7) is 5.41. The number of rotatable bonds is 1. The maximum absolute atomic E-state index is 12.2. The number of anilines is 1. The molecule has 1 aromatic rings. The van der Waals surface area contributed by atoms with Crippen LogP contribution in [0.2, 0.25) is 0 Å². The SMILES string of the molecule is CC1=CCN(C(=O)c2sc(N)nc2C)CC1. The Morgan fingerprint density at radius 1 is 1.56 bits per heavy atom. The first kappa shape index (κ1) is 11.1. The Morgan fingerprint density at radius 3 is 2.81 bits per heavy atom.